The summed E-state index contributed by atoms with van der Waals surface area (Å²) in [5.74, 6) is 1.62. The Morgan fingerprint density at radius 2 is 1.93 bits per heavy atom. The molecule has 162 valence electrons. The van der Waals surface area contributed by atoms with Crippen LogP contribution in [0.2, 0.25) is 0 Å². The lowest BCUT2D eigenvalue weighted by molar-refractivity contribution is 0.150. The maximum Gasteiger partial charge on any atom is 0.191 e. The van der Waals surface area contributed by atoms with Crippen LogP contribution in [-0.2, 0) is 24.9 Å². The van der Waals surface area contributed by atoms with Gasteiger partial charge in [0, 0.05) is 47.0 Å². The molecule has 0 saturated heterocycles. The fraction of sp³-hybridized carbons (Fsp3) is 0.500. The maximum atomic E-state index is 5.87. The van der Waals surface area contributed by atoms with E-state index in [1.165, 1.54) is 0 Å². The van der Waals surface area contributed by atoms with Gasteiger partial charge in [-0.1, -0.05) is 12.1 Å². The summed E-state index contributed by atoms with van der Waals surface area (Å²) < 4.78 is 12.8. The molecule has 0 aliphatic heterocycles. The van der Waals surface area contributed by atoms with Gasteiger partial charge in [-0.3, -0.25) is 9.67 Å². The van der Waals surface area contributed by atoms with Crippen molar-refractivity contribution in [2.75, 3.05) is 47.5 Å². The van der Waals surface area contributed by atoms with E-state index in [-0.39, 0.29) is 24.0 Å². The van der Waals surface area contributed by atoms with E-state index in [1.54, 1.807) is 20.4 Å². The van der Waals surface area contributed by atoms with Gasteiger partial charge in [0.05, 0.1) is 18.8 Å². The molecule has 0 fully saturated rings. The van der Waals surface area contributed by atoms with Gasteiger partial charge < -0.3 is 25.0 Å². The van der Waals surface area contributed by atoms with Gasteiger partial charge in [0.25, 0.3) is 0 Å². The lowest BCUT2D eigenvalue weighted by Gasteiger charge is -2.16. The molecule has 0 aliphatic rings. The maximum absolute atomic E-state index is 5.87. The van der Waals surface area contributed by atoms with Gasteiger partial charge in [-0.25, -0.2) is 0 Å². The first-order valence-electron chi connectivity index (χ1n) is 9.43. The van der Waals surface area contributed by atoms with Gasteiger partial charge >= 0.3 is 0 Å². The monoisotopic (exact) mass is 516 g/mol. The second kappa shape index (κ2) is 14.2. The zero-order chi connectivity index (χ0) is 20.2. The molecule has 0 saturated carbocycles. The molecule has 2 rings (SSSR count). The molecule has 0 unspecified atom stereocenters. The van der Waals surface area contributed by atoms with Crippen molar-refractivity contribution in [2.45, 2.75) is 13.1 Å². The van der Waals surface area contributed by atoms with Crippen LogP contribution in [0.25, 0.3) is 0 Å². The summed E-state index contributed by atoms with van der Waals surface area (Å²) in [6.45, 7) is 4.45. The molecule has 29 heavy (non-hydrogen) atoms. The van der Waals surface area contributed by atoms with E-state index in [4.69, 9.17) is 9.47 Å². The highest BCUT2D eigenvalue weighted by Crippen LogP contribution is 2.13. The van der Waals surface area contributed by atoms with Crippen LogP contribution in [0.15, 0.2) is 41.5 Å². The number of ether oxygens (including phenoxy) is 2. The molecular weight excluding hydrogens is 483 g/mol. The Bertz CT molecular complexity index is 737. The highest BCUT2D eigenvalue weighted by atomic mass is 127. The third kappa shape index (κ3) is 9.46. The summed E-state index contributed by atoms with van der Waals surface area (Å²) in [5, 5.41) is 10.8. The number of nitrogens with zero attached hydrogens (tertiary/aromatic N) is 4. The first-order valence-corrected chi connectivity index (χ1v) is 9.43. The Kier molecular flexibility index (Phi) is 12.3. The third-order valence-electron chi connectivity index (χ3n) is 4.36. The molecule has 0 radical (unpaired) electrons. The summed E-state index contributed by atoms with van der Waals surface area (Å²) in [6, 6.07) is 10.1. The van der Waals surface area contributed by atoms with Crippen LogP contribution < -0.4 is 15.4 Å². The van der Waals surface area contributed by atoms with Crippen LogP contribution in [0, 0.1) is 0 Å². The number of nitrogens with one attached hydrogen (secondary N) is 2. The average Bonchev–Trinajstić information content (AvgIpc) is 3.11. The minimum atomic E-state index is 0. The summed E-state index contributed by atoms with van der Waals surface area (Å²) in [4.78, 5) is 6.45. The SMILES string of the molecule is CN=C(NCc1cccc(OCCN(C)CCOC)c1)NCc1ccnn1C.I. The quantitative estimate of drug-likeness (QED) is 0.270. The summed E-state index contributed by atoms with van der Waals surface area (Å²) >= 11 is 0. The number of methoxy groups -OCH3 is 1. The second-order valence-corrected chi connectivity index (χ2v) is 6.52. The molecule has 2 N–H and O–H groups in total. The Morgan fingerprint density at radius 1 is 1.17 bits per heavy atom. The molecule has 9 heteroatoms. The number of halogens is 1. The summed E-state index contributed by atoms with van der Waals surface area (Å²) in [5.41, 5.74) is 2.22. The molecule has 1 aromatic heterocycles. The minimum absolute atomic E-state index is 0. The zero-order valence-corrected chi connectivity index (χ0v) is 20.1. The molecule has 0 amide bonds. The molecule has 0 bridgehead atoms. The Labute approximate surface area is 190 Å². The molecule has 2 aromatic rings. The average molecular weight is 516 g/mol. The van der Waals surface area contributed by atoms with Crippen LogP contribution >= 0.6 is 24.0 Å². The van der Waals surface area contributed by atoms with Crippen LogP contribution in [0.1, 0.15) is 11.3 Å². The van der Waals surface area contributed by atoms with E-state index in [1.807, 2.05) is 29.9 Å². The van der Waals surface area contributed by atoms with Gasteiger partial charge in [0.1, 0.15) is 12.4 Å². The predicted molar refractivity (Wildman–Crippen MR) is 127 cm³/mol. The fourth-order valence-electron chi connectivity index (χ4n) is 2.58. The Balaban J connectivity index is 0.00000420. The number of likely N-dealkylation sites (N-methyl/N-ethyl adjacent to an activating group) is 1. The second-order valence-electron chi connectivity index (χ2n) is 6.52. The molecule has 1 heterocycles. The first kappa shape index (κ1) is 25.2. The standard InChI is InChI=1S/C20H32N6O2.HI/c1-21-20(23-16-18-8-9-24-26(18)3)22-15-17-6-5-7-19(14-17)28-13-11-25(2)10-12-27-4;/h5-9,14H,10-13,15-16H2,1-4H3,(H2,21,22,23);1H. The number of aryl methyl sites for hydroxylation is 1. The molecule has 0 aliphatic carbocycles. The molecule has 1 aromatic carbocycles. The Morgan fingerprint density at radius 3 is 2.62 bits per heavy atom. The van der Waals surface area contributed by atoms with Crippen molar-refractivity contribution in [3.05, 3.63) is 47.8 Å². The van der Waals surface area contributed by atoms with Gasteiger partial charge in [-0.2, -0.15) is 5.10 Å². The van der Waals surface area contributed by atoms with E-state index >= 15 is 0 Å². The lowest BCUT2D eigenvalue weighted by Crippen LogP contribution is -2.36. The van der Waals surface area contributed by atoms with Crippen LogP contribution in [0.3, 0.4) is 0 Å². The number of aliphatic imine (C=N–C) groups is 1. The summed E-state index contributed by atoms with van der Waals surface area (Å²) in [6.07, 6.45) is 1.79. The largest absolute Gasteiger partial charge is 0.492 e. The highest BCUT2D eigenvalue weighted by molar-refractivity contribution is 14.0. The third-order valence-corrected chi connectivity index (χ3v) is 4.36. The van der Waals surface area contributed by atoms with Gasteiger partial charge in [0.2, 0.25) is 0 Å². The first-order chi connectivity index (χ1) is 13.6. The van der Waals surface area contributed by atoms with Crippen molar-refractivity contribution in [3.63, 3.8) is 0 Å². The number of guanidine groups is 1. The lowest BCUT2D eigenvalue weighted by atomic mass is 10.2. The van der Waals surface area contributed by atoms with Crippen molar-refractivity contribution in [3.8, 4) is 5.75 Å². The molecule has 8 nitrogen and oxygen atoms in total. The van der Waals surface area contributed by atoms with Crippen molar-refractivity contribution < 1.29 is 9.47 Å². The van der Waals surface area contributed by atoms with Gasteiger partial charge in [-0.15, -0.1) is 24.0 Å². The summed E-state index contributed by atoms with van der Waals surface area (Å²) in [7, 11) is 7.46. The molecule has 0 atom stereocenters. The van der Waals surface area contributed by atoms with Crippen LogP contribution in [0.5, 0.6) is 5.75 Å². The number of rotatable bonds is 11. The van der Waals surface area contributed by atoms with E-state index in [2.05, 4.69) is 44.8 Å². The minimum Gasteiger partial charge on any atom is -0.492 e. The van der Waals surface area contributed by atoms with Gasteiger partial charge in [-0.05, 0) is 30.8 Å². The van der Waals surface area contributed by atoms with Crippen molar-refractivity contribution in [1.82, 2.24) is 25.3 Å². The molecule has 0 spiro atoms. The van der Waals surface area contributed by atoms with Gasteiger partial charge in [0.15, 0.2) is 5.96 Å². The smallest absolute Gasteiger partial charge is 0.191 e. The van der Waals surface area contributed by atoms with Crippen LogP contribution in [0.4, 0.5) is 0 Å². The highest BCUT2D eigenvalue weighted by Gasteiger charge is 2.03. The topological polar surface area (TPSA) is 75.9 Å². The van der Waals surface area contributed by atoms with Crippen molar-refractivity contribution >= 4 is 29.9 Å². The number of hydrogen-bond donors (Lipinski definition) is 2. The normalized spacial score (nSPS) is 11.3. The number of hydrogen-bond acceptors (Lipinski definition) is 5. The molecular formula is C20H33IN6O2. The van der Waals surface area contributed by atoms with E-state index in [0.717, 1.165) is 42.7 Å². The van der Waals surface area contributed by atoms with E-state index in [0.29, 0.717) is 19.7 Å². The fourth-order valence-corrected chi connectivity index (χ4v) is 2.58. The number of aromatic nitrogens is 2. The van der Waals surface area contributed by atoms with Crippen LogP contribution in [-0.4, -0.2) is 68.1 Å². The van der Waals surface area contributed by atoms with Crippen molar-refractivity contribution in [1.29, 1.82) is 0 Å². The number of benzene rings is 1. The van der Waals surface area contributed by atoms with Crippen molar-refractivity contribution in [2.24, 2.45) is 12.0 Å². The Hall–Kier alpha value is -1.85. The zero-order valence-electron chi connectivity index (χ0n) is 17.7. The van der Waals surface area contributed by atoms with E-state index < -0.39 is 0 Å². The predicted octanol–water partition coefficient (Wildman–Crippen LogP) is 1.86. The van der Waals surface area contributed by atoms with E-state index in [9.17, 15) is 0 Å².